The number of carboxylic acid groups (broad SMARTS) is 1. The molecule has 0 unspecified atom stereocenters. The van der Waals surface area contributed by atoms with Crippen LogP contribution in [-0.2, 0) is 16.0 Å². The van der Waals surface area contributed by atoms with E-state index in [-0.39, 0.29) is 12.3 Å². The Labute approximate surface area is 93.8 Å². The minimum absolute atomic E-state index is 0.242. The minimum Gasteiger partial charge on any atom is -0.478 e. The van der Waals surface area contributed by atoms with Gasteiger partial charge in [-0.05, 0) is 6.07 Å². The minimum atomic E-state index is -4.78. The van der Waals surface area contributed by atoms with E-state index in [4.69, 9.17) is 5.11 Å². The number of pyridine rings is 1. The number of carbonyl (C=O) groups is 1. The van der Waals surface area contributed by atoms with Crippen molar-refractivity contribution in [3.63, 3.8) is 0 Å². The molecule has 0 aliphatic heterocycles. The zero-order chi connectivity index (χ0) is 13.4. The van der Waals surface area contributed by atoms with Crippen molar-refractivity contribution >= 4 is 15.8 Å². The molecule has 1 N–H and O–H groups in total. The fourth-order valence-electron chi connectivity index (χ4n) is 1.06. The molecule has 0 spiro atoms. The maximum absolute atomic E-state index is 12.3. The number of rotatable bonds is 2. The zero-order valence-electron chi connectivity index (χ0n) is 8.32. The Kier molecular flexibility index (Phi) is 3.15. The van der Waals surface area contributed by atoms with Crippen molar-refractivity contribution in [3.05, 3.63) is 23.4 Å². The Morgan fingerprint density at radius 3 is 2.29 bits per heavy atom. The number of nitrogens with zero attached hydrogens (tertiary/aromatic N) is 1. The molecule has 1 aromatic rings. The van der Waals surface area contributed by atoms with Gasteiger partial charge in [0.15, 0.2) is 14.9 Å². The topological polar surface area (TPSA) is 84.3 Å². The van der Waals surface area contributed by atoms with E-state index in [1.54, 1.807) is 0 Å². The van der Waals surface area contributed by atoms with E-state index in [9.17, 15) is 26.4 Å². The third-order valence-corrected chi connectivity index (χ3v) is 2.79. The van der Waals surface area contributed by atoms with Gasteiger partial charge >= 0.3 is 12.1 Å². The van der Waals surface area contributed by atoms with Crippen molar-refractivity contribution < 1.29 is 31.5 Å². The summed E-state index contributed by atoms with van der Waals surface area (Å²) in [7, 11) is -4.00. The van der Waals surface area contributed by atoms with Gasteiger partial charge in [-0.2, -0.15) is 13.2 Å². The number of halogens is 3. The average molecular weight is 269 g/mol. The molecule has 0 atom stereocenters. The smallest absolute Gasteiger partial charge is 0.417 e. The molecule has 0 fully saturated rings. The van der Waals surface area contributed by atoms with E-state index in [2.05, 4.69) is 4.98 Å². The molecular formula is C8H6F3NO4S. The summed E-state index contributed by atoms with van der Waals surface area (Å²) in [4.78, 5) is 13.7. The third kappa shape index (κ3) is 2.93. The lowest BCUT2D eigenvalue weighted by molar-refractivity contribution is -0.137. The highest BCUT2D eigenvalue weighted by Crippen LogP contribution is 2.30. The predicted molar refractivity (Wildman–Crippen MR) is 49.3 cm³/mol. The average Bonchev–Trinajstić information content (AvgIpc) is 2.14. The summed E-state index contributed by atoms with van der Waals surface area (Å²) >= 11 is 0. The molecule has 9 heteroatoms. The van der Waals surface area contributed by atoms with Crippen LogP contribution < -0.4 is 0 Å². The quantitative estimate of drug-likeness (QED) is 0.872. The third-order valence-electron chi connectivity index (χ3n) is 1.76. The highest BCUT2D eigenvalue weighted by molar-refractivity contribution is 7.90. The second-order valence-electron chi connectivity index (χ2n) is 3.15. The summed E-state index contributed by atoms with van der Waals surface area (Å²) in [5.74, 6) is -1.79. The monoisotopic (exact) mass is 269 g/mol. The summed E-state index contributed by atoms with van der Waals surface area (Å²) in [6.07, 6.45) is -3.84. The van der Waals surface area contributed by atoms with Gasteiger partial charge in [-0.25, -0.2) is 18.2 Å². The molecule has 1 heterocycles. The van der Waals surface area contributed by atoms with Crippen LogP contribution in [0.4, 0.5) is 13.2 Å². The van der Waals surface area contributed by atoms with E-state index in [0.29, 0.717) is 6.26 Å². The highest BCUT2D eigenvalue weighted by Gasteiger charge is 2.33. The molecule has 1 aromatic heterocycles. The van der Waals surface area contributed by atoms with Gasteiger partial charge in [0, 0.05) is 12.5 Å². The second-order valence-corrected chi connectivity index (χ2v) is 5.08. The zero-order valence-corrected chi connectivity index (χ0v) is 9.13. The van der Waals surface area contributed by atoms with Crippen LogP contribution >= 0.6 is 0 Å². The Hall–Kier alpha value is -1.64. The van der Waals surface area contributed by atoms with E-state index < -0.39 is 38.1 Å². The number of carboxylic acids is 1. The molecule has 0 aliphatic carbocycles. The first-order valence-corrected chi connectivity index (χ1v) is 5.93. The van der Waals surface area contributed by atoms with Gasteiger partial charge in [0.05, 0.1) is 11.1 Å². The summed E-state index contributed by atoms with van der Waals surface area (Å²) in [5, 5.41) is 7.76. The van der Waals surface area contributed by atoms with Crippen LogP contribution in [0, 0.1) is 0 Å². The lowest BCUT2D eigenvalue weighted by atomic mass is 10.2. The van der Waals surface area contributed by atoms with Gasteiger partial charge in [-0.3, -0.25) is 0 Å². The molecule has 5 nitrogen and oxygen atoms in total. The fraction of sp³-hybridized carbons (Fsp3) is 0.250. The first-order valence-electron chi connectivity index (χ1n) is 4.04. The second kappa shape index (κ2) is 3.99. The standard InChI is InChI=1S/C8H6F3NO4S/c1-17(15,16)6-5(7(13)14)2-4(3-12-6)8(9,10)11/h2-3H,1H3,(H,13,14). The van der Waals surface area contributed by atoms with Crippen LogP contribution in [0.3, 0.4) is 0 Å². The number of alkyl halides is 3. The maximum Gasteiger partial charge on any atom is 0.417 e. The Morgan fingerprint density at radius 1 is 1.41 bits per heavy atom. The van der Waals surface area contributed by atoms with Gasteiger partial charge in [0.2, 0.25) is 0 Å². The first kappa shape index (κ1) is 13.4. The predicted octanol–water partition coefficient (Wildman–Crippen LogP) is 1.20. The Bertz CT molecular complexity index is 565. The number of aromatic nitrogens is 1. The maximum atomic E-state index is 12.3. The molecule has 94 valence electrons. The molecule has 0 saturated heterocycles. The molecule has 1 rings (SSSR count). The highest BCUT2D eigenvalue weighted by atomic mass is 32.2. The fourth-order valence-corrected chi connectivity index (χ4v) is 1.85. The van der Waals surface area contributed by atoms with Gasteiger partial charge < -0.3 is 5.11 Å². The van der Waals surface area contributed by atoms with Crippen LogP contribution in [0.5, 0.6) is 0 Å². The van der Waals surface area contributed by atoms with Gasteiger partial charge in [0.1, 0.15) is 0 Å². The van der Waals surface area contributed by atoms with Crippen molar-refractivity contribution in [2.24, 2.45) is 0 Å². The summed E-state index contributed by atoms with van der Waals surface area (Å²) in [6, 6.07) is 0.242. The van der Waals surface area contributed by atoms with Crippen molar-refractivity contribution in [3.8, 4) is 0 Å². The van der Waals surface area contributed by atoms with E-state index in [1.165, 1.54) is 0 Å². The lowest BCUT2D eigenvalue weighted by Crippen LogP contribution is -2.14. The molecule has 0 bridgehead atoms. The van der Waals surface area contributed by atoms with E-state index in [1.807, 2.05) is 0 Å². The first-order chi connectivity index (χ1) is 7.53. The molecule has 0 radical (unpaired) electrons. The molecular weight excluding hydrogens is 263 g/mol. The van der Waals surface area contributed by atoms with E-state index in [0.717, 1.165) is 0 Å². The van der Waals surface area contributed by atoms with Gasteiger partial charge in [-0.15, -0.1) is 0 Å². The molecule has 0 amide bonds. The summed E-state index contributed by atoms with van der Waals surface area (Å²) < 4.78 is 59.1. The number of hydrogen-bond donors (Lipinski definition) is 1. The SMILES string of the molecule is CS(=O)(=O)c1ncc(C(F)(F)F)cc1C(=O)O. The van der Waals surface area contributed by atoms with Crippen LogP contribution in [0.15, 0.2) is 17.3 Å². The summed E-state index contributed by atoms with van der Waals surface area (Å²) in [6.45, 7) is 0. The molecule has 0 aromatic carbocycles. The number of aromatic carboxylic acids is 1. The largest absolute Gasteiger partial charge is 0.478 e. The van der Waals surface area contributed by atoms with Crippen molar-refractivity contribution in [2.45, 2.75) is 11.2 Å². The van der Waals surface area contributed by atoms with Crippen LogP contribution in [0.2, 0.25) is 0 Å². The normalized spacial score (nSPS) is 12.5. The lowest BCUT2D eigenvalue weighted by Gasteiger charge is -2.08. The van der Waals surface area contributed by atoms with Gasteiger partial charge in [-0.1, -0.05) is 0 Å². The summed E-state index contributed by atoms with van der Waals surface area (Å²) in [5.41, 5.74) is -2.32. The van der Waals surface area contributed by atoms with E-state index >= 15 is 0 Å². The molecule has 0 saturated carbocycles. The van der Waals surface area contributed by atoms with Crippen LogP contribution in [-0.4, -0.2) is 30.7 Å². The number of hydrogen-bond acceptors (Lipinski definition) is 4. The Balaban J connectivity index is 3.55. The van der Waals surface area contributed by atoms with Crippen molar-refractivity contribution in [1.29, 1.82) is 0 Å². The van der Waals surface area contributed by atoms with Crippen LogP contribution in [0.1, 0.15) is 15.9 Å². The molecule has 0 aliphatic rings. The van der Waals surface area contributed by atoms with Gasteiger partial charge in [0.25, 0.3) is 0 Å². The number of sulfone groups is 1. The van der Waals surface area contributed by atoms with Crippen molar-refractivity contribution in [2.75, 3.05) is 6.26 Å². The van der Waals surface area contributed by atoms with Crippen molar-refractivity contribution in [1.82, 2.24) is 4.98 Å². The molecule has 17 heavy (non-hydrogen) atoms. The van der Waals surface area contributed by atoms with Crippen LogP contribution in [0.25, 0.3) is 0 Å². The Morgan fingerprint density at radius 2 is 1.94 bits per heavy atom.